The van der Waals surface area contributed by atoms with Gasteiger partial charge >= 0.3 is 0 Å². The fourth-order valence-electron chi connectivity index (χ4n) is 2.14. The second-order valence-corrected chi connectivity index (χ2v) is 4.80. The molecule has 0 radical (unpaired) electrons. The minimum atomic E-state index is -0.442. The molecule has 2 nitrogen and oxygen atoms in total. The van der Waals surface area contributed by atoms with Gasteiger partial charge in [0.05, 0.1) is 7.11 Å². The summed E-state index contributed by atoms with van der Waals surface area (Å²) >= 11 is 5.78. The first-order chi connectivity index (χ1) is 7.51. The lowest BCUT2D eigenvalue weighted by atomic mass is 9.89. The van der Waals surface area contributed by atoms with Crippen LogP contribution < -0.4 is 10.5 Å². The van der Waals surface area contributed by atoms with Crippen LogP contribution in [0.2, 0.25) is 5.02 Å². The number of nitrogens with two attached hydrogens (primary N) is 1. The Kier molecular flexibility index (Phi) is 2.84. The summed E-state index contributed by atoms with van der Waals surface area (Å²) in [7, 11) is 1.48. The van der Waals surface area contributed by atoms with Crippen LogP contribution in [0.5, 0.6) is 5.75 Å². The zero-order valence-electron chi connectivity index (χ0n) is 9.39. The third kappa shape index (κ3) is 1.68. The summed E-state index contributed by atoms with van der Waals surface area (Å²) in [4.78, 5) is 0. The van der Waals surface area contributed by atoms with E-state index in [2.05, 4.69) is 0 Å². The van der Waals surface area contributed by atoms with Gasteiger partial charge in [-0.25, -0.2) is 4.39 Å². The topological polar surface area (TPSA) is 35.2 Å². The van der Waals surface area contributed by atoms with E-state index >= 15 is 0 Å². The highest BCUT2D eigenvalue weighted by atomic mass is 35.5. The smallest absolute Gasteiger partial charge is 0.145 e. The molecule has 88 valence electrons. The lowest BCUT2D eigenvalue weighted by Crippen LogP contribution is -2.31. The molecule has 1 unspecified atom stereocenters. The quantitative estimate of drug-likeness (QED) is 0.886. The molecular formula is C12H15ClFNO. The van der Waals surface area contributed by atoms with Crippen molar-refractivity contribution in [2.24, 2.45) is 5.73 Å². The van der Waals surface area contributed by atoms with Crippen molar-refractivity contribution < 1.29 is 9.13 Å². The van der Waals surface area contributed by atoms with E-state index < -0.39 is 5.82 Å². The molecule has 0 spiro atoms. The number of hydrogen-bond acceptors (Lipinski definition) is 2. The SMILES string of the molecule is COc1cc(C2(C(C)N)CC2)cc(F)c1Cl. The van der Waals surface area contributed by atoms with Crippen molar-refractivity contribution in [2.45, 2.75) is 31.2 Å². The van der Waals surface area contributed by atoms with Crippen LogP contribution in [0.25, 0.3) is 0 Å². The lowest BCUT2D eigenvalue weighted by Gasteiger charge is -2.21. The van der Waals surface area contributed by atoms with Crippen molar-refractivity contribution >= 4 is 11.6 Å². The van der Waals surface area contributed by atoms with Crippen LogP contribution in [-0.2, 0) is 5.41 Å². The van der Waals surface area contributed by atoms with Gasteiger partial charge in [-0.05, 0) is 37.5 Å². The van der Waals surface area contributed by atoms with Gasteiger partial charge in [0.1, 0.15) is 16.6 Å². The standard InChI is InChI=1S/C12H15ClFNO/c1-7(15)12(3-4-12)8-5-9(14)11(13)10(6-8)16-2/h5-7H,3-4,15H2,1-2H3. The van der Waals surface area contributed by atoms with Gasteiger partial charge in [-0.3, -0.25) is 0 Å². The summed E-state index contributed by atoms with van der Waals surface area (Å²) in [5.74, 6) is -0.0634. The number of methoxy groups -OCH3 is 1. The molecule has 2 rings (SSSR count). The molecule has 1 aromatic carbocycles. The van der Waals surface area contributed by atoms with Gasteiger partial charge < -0.3 is 10.5 Å². The molecule has 0 aromatic heterocycles. The first-order valence-electron chi connectivity index (χ1n) is 5.30. The van der Waals surface area contributed by atoms with Crippen molar-refractivity contribution in [2.75, 3.05) is 7.11 Å². The summed E-state index contributed by atoms with van der Waals surface area (Å²) in [6, 6.07) is 3.28. The fraction of sp³-hybridized carbons (Fsp3) is 0.500. The van der Waals surface area contributed by atoms with E-state index in [9.17, 15) is 4.39 Å². The zero-order chi connectivity index (χ0) is 11.9. The average Bonchev–Trinajstić information content (AvgIpc) is 3.02. The Labute approximate surface area is 99.5 Å². The van der Waals surface area contributed by atoms with Crippen LogP contribution in [0.15, 0.2) is 12.1 Å². The van der Waals surface area contributed by atoms with Crippen molar-refractivity contribution in [1.29, 1.82) is 0 Å². The molecule has 4 heteroatoms. The van der Waals surface area contributed by atoms with Crippen molar-refractivity contribution in [1.82, 2.24) is 0 Å². The number of halogens is 2. The van der Waals surface area contributed by atoms with E-state index in [1.807, 2.05) is 6.92 Å². The maximum absolute atomic E-state index is 13.6. The summed E-state index contributed by atoms with van der Waals surface area (Å²) in [6.45, 7) is 1.95. The van der Waals surface area contributed by atoms with Crippen LogP contribution >= 0.6 is 11.6 Å². The van der Waals surface area contributed by atoms with Gasteiger partial charge in [-0.1, -0.05) is 11.6 Å². The maximum atomic E-state index is 13.6. The molecule has 0 heterocycles. The van der Waals surface area contributed by atoms with Gasteiger partial charge in [-0.15, -0.1) is 0 Å². The molecule has 16 heavy (non-hydrogen) atoms. The first-order valence-corrected chi connectivity index (χ1v) is 5.68. The highest BCUT2D eigenvalue weighted by Crippen LogP contribution is 2.51. The molecule has 1 fully saturated rings. The van der Waals surface area contributed by atoms with Gasteiger partial charge in [0.15, 0.2) is 0 Å². The minimum absolute atomic E-state index is 0.0118. The molecule has 2 N–H and O–H groups in total. The molecule has 1 atom stereocenters. The van der Waals surface area contributed by atoms with Crippen LogP contribution in [0.1, 0.15) is 25.3 Å². The Morgan fingerprint density at radius 1 is 1.50 bits per heavy atom. The molecule has 1 saturated carbocycles. The second kappa shape index (κ2) is 3.90. The summed E-state index contributed by atoms with van der Waals surface area (Å²) in [6.07, 6.45) is 1.99. The molecule has 1 aromatic rings. The molecule has 0 bridgehead atoms. The third-order valence-electron chi connectivity index (χ3n) is 3.45. The van der Waals surface area contributed by atoms with Gasteiger partial charge in [0.2, 0.25) is 0 Å². The Morgan fingerprint density at radius 2 is 2.12 bits per heavy atom. The third-order valence-corrected chi connectivity index (χ3v) is 3.82. The van der Waals surface area contributed by atoms with Crippen LogP contribution in [0.3, 0.4) is 0 Å². The average molecular weight is 244 g/mol. The van der Waals surface area contributed by atoms with Crippen molar-refractivity contribution in [3.05, 3.63) is 28.5 Å². The Balaban J connectivity index is 2.47. The van der Waals surface area contributed by atoms with E-state index in [1.54, 1.807) is 6.07 Å². The van der Waals surface area contributed by atoms with Crippen LogP contribution in [-0.4, -0.2) is 13.2 Å². The van der Waals surface area contributed by atoms with Crippen LogP contribution in [0.4, 0.5) is 4.39 Å². The largest absolute Gasteiger partial charge is 0.495 e. The van der Waals surface area contributed by atoms with E-state index in [-0.39, 0.29) is 16.5 Å². The predicted octanol–water partition coefficient (Wildman–Crippen LogP) is 2.87. The van der Waals surface area contributed by atoms with Gasteiger partial charge in [-0.2, -0.15) is 0 Å². The molecule has 0 amide bonds. The first kappa shape index (κ1) is 11.7. The summed E-state index contributed by atoms with van der Waals surface area (Å²) in [5, 5.41) is 0.0340. The Hall–Kier alpha value is -0.800. The number of rotatable bonds is 3. The molecule has 1 aliphatic rings. The predicted molar refractivity (Wildman–Crippen MR) is 62.5 cm³/mol. The monoisotopic (exact) mass is 243 g/mol. The molecule has 1 aliphatic carbocycles. The number of benzene rings is 1. The fourth-order valence-corrected chi connectivity index (χ4v) is 2.33. The van der Waals surface area contributed by atoms with Crippen molar-refractivity contribution in [3.8, 4) is 5.75 Å². The highest BCUT2D eigenvalue weighted by molar-refractivity contribution is 6.32. The van der Waals surface area contributed by atoms with E-state index in [4.69, 9.17) is 22.1 Å². The normalized spacial score (nSPS) is 19.3. The van der Waals surface area contributed by atoms with Crippen LogP contribution in [0, 0.1) is 5.82 Å². The Morgan fingerprint density at radius 3 is 2.56 bits per heavy atom. The molecular weight excluding hydrogens is 229 g/mol. The van der Waals surface area contributed by atoms with Gasteiger partial charge in [0.25, 0.3) is 0 Å². The van der Waals surface area contributed by atoms with Gasteiger partial charge in [0, 0.05) is 11.5 Å². The van der Waals surface area contributed by atoms with E-state index in [0.29, 0.717) is 5.75 Å². The second-order valence-electron chi connectivity index (χ2n) is 4.42. The number of ether oxygens (including phenoxy) is 1. The Bertz CT molecular complexity index is 416. The number of hydrogen-bond donors (Lipinski definition) is 1. The molecule has 0 saturated heterocycles. The van der Waals surface area contributed by atoms with E-state index in [1.165, 1.54) is 13.2 Å². The maximum Gasteiger partial charge on any atom is 0.145 e. The zero-order valence-corrected chi connectivity index (χ0v) is 10.1. The minimum Gasteiger partial charge on any atom is -0.495 e. The lowest BCUT2D eigenvalue weighted by molar-refractivity contribution is 0.409. The van der Waals surface area contributed by atoms with Crippen molar-refractivity contribution in [3.63, 3.8) is 0 Å². The summed E-state index contributed by atoms with van der Waals surface area (Å²) in [5.41, 5.74) is 6.75. The van der Waals surface area contributed by atoms with E-state index in [0.717, 1.165) is 18.4 Å². The summed E-state index contributed by atoms with van der Waals surface area (Å²) < 4.78 is 18.7. The molecule has 0 aliphatic heterocycles. The highest BCUT2D eigenvalue weighted by Gasteiger charge is 2.48.